The summed E-state index contributed by atoms with van der Waals surface area (Å²) in [5, 5.41) is 18.2. The molecule has 4 rings (SSSR count). The summed E-state index contributed by atoms with van der Waals surface area (Å²) in [5.41, 5.74) is 2.58. The zero-order chi connectivity index (χ0) is 19.5. The Balaban J connectivity index is 1.56. The average molecular weight is 378 g/mol. The minimum Gasteiger partial charge on any atom is -0.480 e. The highest BCUT2D eigenvalue weighted by Gasteiger charge is 2.36. The number of carboxylic acids is 1. The lowest BCUT2D eigenvalue weighted by Gasteiger charge is -2.21. The van der Waals surface area contributed by atoms with Gasteiger partial charge in [0.2, 0.25) is 0 Å². The van der Waals surface area contributed by atoms with Crippen molar-refractivity contribution < 1.29 is 14.7 Å². The molecule has 0 radical (unpaired) electrons. The number of hydrogen-bond donors (Lipinski definition) is 2. The quantitative estimate of drug-likeness (QED) is 0.836. The summed E-state index contributed by atoms with van der Waals surface area (Å²) in [6, 6.07) is 15.8. The van der Waals surface area contributed by atoms with Crippen LogP contribution in [0.5, 0.6) is 0 Å². The van der Waals surface area contributed by atoms with Crippen molar-refractivity contribution in [3.63, 3.8) is 0 Å². The van der Waals surface area contributed by atoms with Gasteiger partial charge >= 0.3 is 5.97 Å². The molecular formula is C21H22N4O3. The van der Waals surface area contributed by atoms with Gasteiger partial charge in [-0.05, 0) is 37.1 Å². The molecule has 2 aromatic carbocycles. The van der Waals surface area contributed by atoms with E-state index in [2.05, 4.69) is 15.3 Å². The largest absolute Gasteiger partial charge is 0.480 e. The third-order valence-corrected chi connectivity index (χ3v) is 5.08. The van der Waals surface area contributed by atoms with Crippen molar-refractivity contribution in [3.8, 4) is 0 Å². The first-order valence-electron chi connectivity index (χ1n) is 9.43. The predicted octanol–water partition coefficient (Wildman–Crippen LogP) is 2.94. The number of carbonyl (C=O) groups is 2. The molecule has 0 saturated carbocycles. The zero-order valence-electron chi connectivity index (χ0n) is 15.4. The number of benzene rings is 2. The molecule has 1 amide bonds. The van der Waals surface area contributed by atoms with Gasteiger partial charge in [-0.2, -0.15) is 5.10 Å². The molecule has 1 atom stereocenters. The van der Waals surface area contributed by atoms with Gasteiger partial charge < -0.3 is 15.3 Å². The van der Waals surface area contributed by atoms with Crippen LogP contribution in [0, 0.1) is 0 Å². The number of rotatable bonds is 5. The fourth-order valence-corrected chi connectivity index (χ4v) is 3.67. The van der Waals surface area contributed by atoms with Crippen LogP contribution in [-0.4, -0.2) is 41.8 Å². The van der Waals surface area contributed by atoms with Crippen molar-refractivity contribution in [1.82, 2.24) is 0 Å². The molecule has 7 heteroatoms. The van der Waals surface area contributed by atoms with Crippen LogP contribution in [0.25, 0.3) is 0 Å². The first-order valence-corrected chi connectivity index (χ1v) is 9.43. The third kappa shape index (κ3) is 3.55. The lowest BCUT2D eigenvalue weighted by Crippen LogP contribution is -2.34. The van der Waals surface area contributed by atoms with E-state index in [4.69, 9.17) is 0 Å². The summed E-state index contributed by atoms with van der Waals surface area (Å²) >= 11 is 0. The van der Waals surface area contributed by atoms with Crippen molar-refractivity contribution in [3.05, 3.63) is 54.6 Å². The van der Waals surface area contributed by atoms with Crippen LogP contribution < -0.4 is 15.2 Å². The summed E-state index contributed by atoms with van der Waals surface area (Å²) in [5.74, 6) is -1.37. The van der Waals surface area contributed by atoms with Gasteiger partial charge in [-0.25, -0.2) is 4.79 Å². The van der Waals surface area contributed by atoms with Crippen molar-refractivity contribution >= 4 is 34.7 Å². The van der Waals surface area contributed by atoms with E-state index in [9.17, 15) is 14.7 Å². The second kappa shape index (κ2) is 7.72. The van der Waals surface area contributed by atoms with Gasteiger partial charge in [-0.1, -0.05) is 30.3 Å². The number of nitrogens with zero attached hydrogens (tertiary/aromatic N) is 3. The number of para-hydroxylation sites is 3. The van der Waals surface area contributed by atoms with Crippen molar-refractivity contribution in [2.45, 2.75) is 25.3 Å². The van der Waals surface area contributed by atoms with Crippen LogP contribution in [0.2, 0.25) is 0 Å². The maximum atomic E-state index is 12.8. The van der Waals surface area contributed by atoms with Gasteiger partial charge in [-0.3, -0.25) is 9.80 Å². The zero-order valence-corrected chi connectivity index (χ0v) is 15.4. The Kier molecular flexibility index (Phi) is 4.97. The maximum Gasteiger partial charge on any atom is 0.328 e. The first-order chi connectivity index (χ1) is 13.6. The van der Waals surface area contributed by atoms with Gasteiger partial charge in [0, 0.05) is 19.5 Å². The number of amides is 1. The minimum atomic E-state index is -1.01. The Morgan fingerprint density at radius 1 is 1.00 bits per heavy atom. The summed E-state index contributed by atoms with van der Waals surface area (Å²) in [6.07, 6.45) is 2.34. The second-order valence-electron chi connectivity index (χ2n) is 6.95. The van der Waals surface area contributed by atoms with Gasteiger partial charge in [0.1, 0.15) is 5.71 Å². The molecule has 0 bridgehead atoms. The monoisotopic (exact) mass is 378 g/mol. The van der Waals surface area contributed by atoms with Crippen LogP contribution in [0.4, 0.5) is 17.1 Å². The summed E-state index contributed by atoms with van der Waals surface area (Å²) in [6.45, 7) is 1.94. The van der Waals surface area contributed by atoms with Crippen LogP contribution in [-0.2, 0) is 9.59 Å². The van der Waals surface area contributed by atoms with E-state index in [0.717, 1.165) is 37.3 Å². The van der Waals surface area contributed by atoms with Crippen LogP contribution in [0.3, 0.4) is 0 Å². The van der Waals surface area contributed by atoms with Crippen molar-refractivity contribution in [2.24, 2.45) is 5.10 Å². The number of hydrogen-bond acceptors (Lipinski definition) is 5. The van der Waals surface area contributed by atoms with E-state index in [1.807, 2.05) is 42.5 Å². The molecule has 2 aliphatic rings. The normalized spacial score (nSPS) is 18.9. The molecule has 7 nitrogen and oxygen atoms in total. The molecule has 2 N–H and O–H groups in total. The highest BCUT2D eigenvalue weighted by Crippen LogP contribution is 2.30. The number of hydrazone groups is 1. The van der Waals surface area contributed by atoms with Crippen molar-refractivity contribution in [1.29, 1.82) is 0 Å². The smallest absolute Gasteiger partial charge is 0.328 e. The van der Waals surface area contributed by atoms with Gasteiger partial charge in [0.05, 0.1) is 17.1 Å². The summed E-state index contributed by atoms with van der Waals surface area (Å²) < 4.78 is 0. The number of carbonyl (C=O) groups excluding carboxylic acids is 1. The Hall–Kier alpha value is -3.35. The Labute approximate surface area is 163 Å². The van der Waals surface area contributed by atoms with E-state index >= 15 is 0 Å². The predicted molar refractivity (Wildman–Crippen MR) is 109 cm³/mol. The first kappa shape index (κ1) is 18.0. The fraction of sp³-hybridized carbons (Fsp3) is 0.286. The van der Waals surface area contributed by atoms with Crippen LogP contribution in [0.15, 0.2) is 59.7 Å². The molecule has 1 fully saturated rings. The molecule has 0 spiro atoms. The Bertz CT molecular complexity index is 907. The van der Waals surface area contributed by atoms with Gasteiger partial charge in [-0.15, -0.1) is 0 Å². The van der Waals surface area contributed by atoms with E-state index in [1.54, 1.807) is 12.1 Å². The van der Waals surface area contributed by atoms with Crippen LogP contribution in [0.1, 0.15) is 19.3 Å². The van der Waals surface area contributed by atoms with E-state index in [-0.39, 0.29) is 18.0 Å². The molecule has 28 heavy (non-hydrogen) atoms. The topological polar surface area (TPSA) is 85.2 Å². The lowest BCUT2D eigenvalue weighted by atomic mass is 10.1. The SMILES string of the molecule is O=C(Nc1ccccc1N1CCCC1)C1=NN(c2ccccc2)C(C(=O)O)C1. The molecule has 1 unspecified atom stereocenters. The van der Waals surface area contributed by atoms with E-state index in [0.29, 0.717) is 5.69 Å². The standard InChI is InChI=1S/C21H22N4O3/c26-20(22-16-10-4-5-11-18(16)24-12-6-7-13-24)17-14-19(21(27)28)25(23-17)15-8-2-1-3-9-15/h1-5,8-11,19H,6-7,12-14H2,(H,22,26)(H,27,28). The molecule has 0 aliphatic carbocycles. The third-order valence-electron chi connectivity index (χ3n) is 5.08. The summed E-state index contributed by atoms with van der Waals surface area (Å²) in [7, 11) is 0. The molecule has 2 aromatic rings. The fourth-order valence-electron chi connectivity index (χ4n) is 3.67. The molecule has 1 saturated heterocycles. The van der Waals surface area contributed by atoms with Gasteiger partial charge in [0.25, 0.3) is 5.91 Å². The Morgan fingerprint density at radius 3 is 2.39 bits per heavy atom. The minimum absolute atomic E-state index is 0.0575. The highest BCUT2D eigenvalue weighted by atomic mass is 16.4. The van der Waals surface area contributed by atoms with E-state index in [1.165, 1.54) is 5.01 Å². The highest BCUT2D eigenvalue weighted by molar-refractivity contribution is 6.44. The number of carboxylic acid groups (broad SMARTS) is 1. The molecule has 0 aromatic heterocycles. The molecule has 2 aliphatic heterocycles. The molecule has 144 valence electrons. The molecular weight excluding hydrogens is 356 g/mol. The van der Waals surface area contributed by atoms with Crippen LogP contribution >= 0.6 is 0 Å². The number of anilines is 3. The maximum absolute atomic E-state index is 12.8. The van der Waals surface area contributed by atoms with E-state index < -0.39 is 12.0 Å². The average Bonchev–Trinajstić information content (AvgIpc) is 3.39. The second-order valence-corrected chi connectivity index (χ2v) is 6.95. The number of aliphatic carboxylic acids is 1. The van der Waals surface area contributed by atoms with Gasteiger partial charge in [0.15, 0.2) is 6.04 Å². The Morgan fingerprint density at radius 2 is 1.68 bits per heavy atom. The molecule has 2 heterocycles. The lowest BCUT2D eigenvalue weighted by molar-refractivity contribution is -0.138. The number of nitrogens with one attached hydrogen (secondary N) is 1. The van der Waals surface area contributed by atoms with Crippen molar-refractivity contribution in [2.75, 3.05) is 28.3 Å². The summed E-state index contributed by atoms with van der Waals surface area (Å²) in [4.78, 5) is 26.8.